The molecule has 0 heterocycles. The van der Waals surface area contributed by atoms with Crippen LogP contribution in [0, 0.1) is 5.92 Å². The predicted molar refractivity (Wildman–Crippen MR) is 51.1 cm³/mol. The van der Waals surface area contributed by atoms with E-state index >= 15 is 0 Å². The first-order valence-corrected chi connectivity index (χ1v) is 5.17. The lowest BCUT2D eigenvalue weighted by Gasteiger charge is -2.27. The highest BCUT2D eigenvalue weighted by atomic mass is 16.3. The maximum atomic E-state index is 8.61. The van der Waals surface area contributed by atoms with Crippen molar-refractivity contribution in [1.82, 2.24) is 5.32 Å². The molecule has 0 spiro atoms. The fourth-order valence-corrected chi connectivity index (χ4v) is 2.00. The SMILES string of the molecule is C[C@@H]1CCC[C@H](NCCCO)C1. The van der Waals surface area contributed by atoms with E-state index in [4.69, 9.17) is 5.11 Å². The Kier molecular flexibility index (Phi) is 4.62. The Morgan fingerprint density at radius 3 is 2.92 bits per heavy atom. The van der Waals surface area contributed by atoms with Crippen LogP contribution in [0.4, 0.5) is 0 Å². The molecule has 0 saturated heterocycles. The maximum Gasteiger partial charge on any atom is 0.0443 e. The normalized spacial score (nSPS) is 30.5. The van der Waals surface area contributed by atoms with Crippen molar-refractivity contribution < 1.29 is 5.11 Å². The van der Waals surface area contributed by atoms with Gasteiger partial charge in [0, 0.05) is 12.6 Å². The van der Waals surface area contributed by atoms with Crippen molar-refractivity contribution >= 4 is 0 Å². The molecular formula is C10H21NO. The molecule has 2 heteroatoms. The van der Waals surface area contributed by atoms with E-state index in [-0.39, 0.29) is 0 Å². The predicted octanol–water partition coefficient (Wildman–Crippen LogP) is 1.54. The molecule has 0 aliphatic heterocycles. The third-order valence-corrected chi connectivity index (χ3v) is 2.70. The Balaban J connectivity index is 2.06. The molecule has 0 aromatic carbocycles. The van der Waals surface area contributed by atoms with Gasteiger partial charge in [0.25, 0.3) is 0 Å². The van der Waals surface area contributed by atoms with Crippen LogP contribution in [0.5, 0.6) is 0 Å². The highest BCUT2D eigenvalue weighted by Crippen LogP contribution is 2.23. The number of hydrogen-bond donors (Lipinski definition) is 2. The number of nitrogens with one attached hydrogen (secondary N) is 1. The number of aliphatic hydroxyl groups is 1. The molecule has 1 aliphatic carbocycles. The summed E-state index contributed by atoms with van der Waals surface area (Å²) >= 11 is 0. The van der Waals surface area contributed by atoms with Gasteiger partial charge in [-0.25, -0.2) is 0 Å². The van der Waals surface area contributed by atoms with Gasteiger partial charge in [-0.15, -0.1) is 0 Å². The highest BCUT2D eigenvalue weighted by Gasteiger charge is 2.17. The molecule has 12 heavy (non-hydrogen) atoms. The third-order valence-electron chi connectivity index (χ3n) is 2.70. The summed E-state index contributed by atoms with van der Waals surface area (Å²) in [5.41, 5.74) is 0. The number of rotatable bonds is 4. The molecule has 0 radical (unpaired) electrons. The van der Waals surface area contributed by atoms with Crippen LogP contribution >= 0.6 is 0 Å². The van der Waals surface area contributed by atoms with E-state index in [1.54, 1.807) is 0 Å². The van der Waals surface area contributed by atoms with Crippen LogP contribution in [-0.4, -0.2) is 24.3 Å². The third kappa shape index (κ3) is 3.55. The van der Waals surface area contributed by atoms with Crippen molar-refractivity contribution in [1.29, 1.82) is 0 Å². The number of aliphatic hydroxyl groups excluding tert-OH is 1. The summed E-state index contributed by atoms with van der Waals surface area (Å²) < 4.78 is 0. The van der Waals surface area contributed by atoms with Gasteiger partial charge >= 0.3 is 0 Å². The zero-order valence-electron chi connectivity index (χ0n) is 8.05. The zero-order valence-corrected chi connectivity index (χ0v) is 8.05. The van der Waals surface area contributed by atoms with E-state index < -0.39 is 0 Å². The van der Waals surface area contributed by atoms with E-state index in [2.05, 4.69) is 12.2 Å². The molecule has 1 aliphatic rings. The number of hydrogen-bond acceptors (Lipinski definition) is 2. The fraction of sp³-hybridized carbons (Fsp3) is 1.00. The Hall–Kier alpha value is -0.0800. The minimum Gasteiger partial charge on any atom is -0.396 e. The second kappa shape index (κ2) is 5.55. The first kappa shape index (κ1) is 10.0. The van der Waals surface area contributed by atoms with Crippen LogP contribution in [0.15, 0.2) is 0 Å². The summed E-state index contributed by atoms with van der Waals surface area (Å²) in [6, 6.07) is 0.722. The highest BCUT2D eigenvalue weighted by molar-refractivity contribution is 4.75. The fourth-order valence-electron chi connectivity index (χ4n) is 2.00. The topological polar surface area (TPSA) is 32.3 Å². The minimum atomic E-state index is 0.315. The molecule has 1 fully saturated rings. The van der Waals surface area contributed by atoms with Crippen molar-refractivity contribution in [2.24, 2.45) is 5.92 Å². The summed E-state index contributed by atoms with van der Waals surface area (Å²) in [6.45, 7) is 3.63. The molecule has 0 aromatic heterocycles. The summed E-state index contributed by atoms with van der Waals surface area (Å²) in [6.07, 6.45) is 6.32. The van der Waals surface area contributed by atoms with Gasteiger partial charge in [-0.1, -0.05) is 19.8 Å². The van der Waals surface area contributed by atoms with Crippen LogP contribution in [0.1, 0.15) is 39.0 Å². The van der Waals surface area contributed by atoms with Gasteiger partial charge in [0.05, 0.1) is 0 Å². The Bertz CT molecular complexity index is 116. The van der Waals surface area contributed by atoms with Crippen molar-refractivity contribution in [3.63, 3.8) is 0 Å². The first-order chi connectivity index (χ1) is 5.83. The monoisotopic (exact) mass is 171 g/mol. The second-order valence-corrected chi connectivity index (χ2v) is 4.00. The quantitative estimate of drug-likeness (QED) is 0.629. The summed E-state index contributed by atoms with van der Waals surface area (Å²) in [7, 11) is 0. The van der Waals surface area contributed by atoms with E-state index in [0.29, 0.717) is 6.61 Å². The molecule has 2 atom stereocenters. The lowest BCUT2D eigenvalue weighted by molar-refractivity contribution is 0.266. The van der Waals surface area contributed by atoms with Gasteiger partial charge in [-0.05, 0) is 31.7 Å². The van der Waals surface area contributed by atoms with Crippen LogP contribution < -0.4 is 5.32 Å². The van der Waals surface area contributed by atoms with E-state index in [0.717, 1.165) is 24.9 Å². The standard InChI is InChI=1S/C10H21NO/c1-9-4-2-5-10(8-9)11-6-3-7-12/h9-12H,2-8H2,1H3/t9-,10+/m1/s1. The van der Waals surface area contributed by atoms with Crippen LogP contribution in [-0.2, 0) is 0 Å². The summed E-state index contributed by atoms with van der Waals surface area (Å²) in [5.74, 6) is 0.894. The van der Waals surface area contributed by atoms with Gasteiger partial charge in [0.2, 0.25) is 0 Å². The van der Waals surface area contributed by atoms with Crippen molar-refractivity contribution in [2.45, 2.75) is 45.1 Å². The maximum absolute atomic E-state index is 8.61. The average molecular weight is 171 g/mol. The summed E-state index contributed by atoms with van der Waals surface area (Å²) in [5, 5.41) is 12.1. The average Bonchev–Trinajstić information content (AvgIpc) is 2.05. The summed E-state index contributed by atoms with van der Waals surface area (Å²) in [4.78, 5) is 0. The molecule has 0 unspecified atom stereocenters. The van der Waals surface area contributed by atoms with Crippen LogP contribution in [0.2, 0.25) is 0 Å². The largest absolute Gasteiger partial charge is 0.396 e. The Morgan fingerprint density at radius 1 is 1.42 bits per heavy atom. The lowest BCUT2D eigenvalue weighted by Crippen LogP contribution is -2.34. The molecule has 1 rings (SSSR count). The van der Waals surface area contributed by atoms with Crippen molar-refractivity contribution in [3.8, 4) is 0 Å². The van der Waals surface area contributed by atoms with Crippen LogP contribution in [0.25, 0.3) is 0 Å². The van der Waals surface area contributed by atoms with E-state index in [1.165, 1.54) is 25.7 Å². The van der Waals surface area contributed by atoms with Gasteiger partial charge in [-0.2, -0.15) is 0 Å². The second-order valence-electron chi connectivity index (χ2n) is 4.00. The molecule has 72 valence electrons. The van der Waals surface area contributed by atoms with E-state index in [9.17, 15) is 0 Å². The van der Waals surface area contributed by atoms with Crippen molar-refractivity contribution in [3.05, 3.63) is 0 Å². The zero-order chi connectivity index (χ0) is 8.81. The molecule has 0 amide bonds. The Morgan fingerprint density at radius 2 is 2.25 bits per heavy atom. The molecule has 2 nitrogen and oxygen atoms in total. The van der Waals surface area contributed by atoms with Gasteiger partial charge < -0.3 is 10.4 Å². The molecular weight excluding hydrogens is 150 g/mol. The first-order valence-electron chi connectivity index (χ1n) is 5.17. The molecule has 0 aromatic rings. The van der Waals surface area contributed by atoms with E-state index in [1.807, 2.05) is 0 Å². The minimum absolute atomic E-state index is 0.315. The Labute approximate surface area is 75.4 Å². The van der Waals surface area contributed by atoms with Crippen LogP contribution in [0.3, 0.4) is 0 Å². The lowest BCUT2D eigenvalue weighted by atomic mass is 9.87. The molecule has 0 bridgehead atoms. The van der Waals surface area contributed by atoms with Gasteiger partial charge in [0.1, 0.15) is 0 Å². The van der Waals surface area contributed by atoms with Gasteiger partial charge in [-0.3, -0.25) is 0 Å². The smallest absolute Gasteiger partial charge is 0.0443 e. The van der Waals surface area contributed by atoms with Gasteiger partial charge in [0.15, 0.2) is 0 Å². The molecule has 2 N–H and O–H groups in total. The van der Waals surface area contributed by atoms with Crippen molar-refractivity contribution in [2.75, 3.05) is 13.2 Å². The molecule has 1 saturated carbocycles.